The van der Waals surface area contributed by atoms with E-state index in [4.69, 9.17) is 4.99 Å². The number of nitrogens with zero attached hydrogens (tertiary/aromatic N) is 3. The number of nitro benzene ring substituents is 2. The lowest BCUT2D eigenvalue weighted by atomic mass is 9.89. The van der Waals surface area contributed by atoms with Gasteiger partial charge in [0, 0.05) is 46.5 Å². The number of rotatable bonds is 5. The third kappa shape index (κ3) is 3.92. The third-order valence-corrected chi connectivity index (χ3v) is 6.62. The summed E-state index contributed by atoms with van der Waals surface area (Å²) in [4.78, 5) is 27.3. The molecule has 1 aliphatic rings. The maximum Gasteiger partial charge on any atom is 0.270 e. The molecule has 5 aromatic rings. The normalized spacial score (nSPS) is 11.5. The number of nitro groups is 2. The molecule has 0 unspecified atom stereocenters. The van der Waals surface area contributed by atoms with Gasteiger partial charge in [-0.1, -0.05) is 78.9 Å². The molecule has 0 heterocycles. The second-order valence-corrected chi connectivity index (χ2v) is 8.87. The fourth-order valence-corrected chi connectivity index (χ4v) is 4.99. The Balaban J connectivity index is 1.67. The first-order valence-corrected chi connectivity index (χ1v) is 11.9. The smallest absolute Gasteiger partial charge is 0.258 e. The quantitative estimate of drug-likeness (QED) is 0.178. The monoisotopic (exact) mass is 497 g/mol. The molecular weight excluding hydrogens is 478 g/mol. The fraction of sp³-hybridized carbons (Fsp3) is 0. The van der Waals surface area contributed by atoms with E-state index in [0.717, 1.165) is 44.8 Å². The van der Waals surface area contributed by atoms with Gasteiger partial charge in [-0.3, -0.25) is 20.2 Å². The topological polar surface area (TPSA) is 98.6 Å². The van der Waals surface area contributed by atoms with Crippen molar-refractivity contribution in [2.75, 3.05) is 0 Å². The predicted molar refractivity (Wildman–Crippen MR) is 148 cm³/mol. The Morgan fingerprint density at radius 3 is 1.42 bits per heavy atom. The van der Waals surface area contributed by atoms with Crippen molar-refractivity contribution in [3.63, 3.8) is 0 Å². The van der Waals surface area contributed by atoms with Crippen molar-refractivity contribution in [2.24, 2.45) is 4.99 Å². The van der Waals surface area contributed by atoms with Crippen LogP contribution < -0.4 is 0 Å². The lowest BCUT2D eigenvalue weighted by Crippen LogP contribution is -1.98. The molecule has 0 saturated heterocycles. The van der Waals surface area contributed by atoms with E-state index in [2.05, 4.69) is 0 Å². The maximum absolute atomic E-state index is 11.5. The van der Waals surface area contributed by atoms with Crippen LogP contribution in [0.4, 0.5) is 17.1 Å². The summed E-state index contributed by atoms with van der Waals surface area (Å²) in [5.41, 5.74) is 8.20. The van der Waals surface area contributed by atoms with Crippen LogP contribution in [-0.4, -0.2) is 15.6 Å². The Kier molecular flexibility index (Phi) is 5.58. The summed E-state index contributed by atoms with van der Waals surface area (Å²) in [5.74, 6) is 0. The van der Waals surface area contributed by atoms with E-state index in [1.165, 1.54) is 12.1 Å². The fourth-order valence-electron chi connectivity index (χ4n) is 4.99. The van der Waals surface area contributed by atoms with Crippen LogP contribution in [0.25, 0.3) is 33.4 Å². The predicted octanol–water partition coefficient (Wildman–Crippen LogP) is 7.99. The highest BCUT2D eigenvalue weighted by molar-refractivity contribution is 6.28. The Bertz CT molecular complexity index is 1670. The lowest BCUT2D eigenvalue weighted by molar-refractivity contribution is -0.385. The minimum Gasteiger partial charge on any atom is -0.258 e. The highest BCUT2D eigenvalue weighted by atomic mass is 16.6. The number of benzene rings is 5. The average molecular weight is 498 g/mol. The van der Waals surface area contributed by atoms with Gasteiger partial charge < -0.3 is 0 Å². The van der Waals surface area contributed by atoms with Crippen molar-refractivity contribution < 1.29 is 9.85 Å². The van der Waals surface area contributed by atoms with Crippen LogP contribution in [0.1, 0.15) is 11.1 Å². The van der Waals surface area contributed by atoms with Crippen LogP contribution in [0, 0.1) is 20.2 Å². The second kappa shape index (κ2) is 9.22. The molecule has 6 rings (SSSR count). The van der Waals surface area contributed by atoms with Crippen molar-refractivity contribution in [1.82, 2.24) is 0 Å². The van der Waals surface area contributed by atoms with Gasteiger partial charge in [-0.05, 0) is 34.4 Å². The van der Waals surface area contributed by atoms with Crippen molar-refractivity contribution in [2.45, 2.75) is 0 Å². The Labute approximate surface area is 217 Å². The lowest BCUT2D eigenvalue weighted by Gasteiger charge is -2.13. The molecule has 0 aliphatic heterocycles. The molecule has 7 nitrogen and oxygen atoms in total. The molecule has 0 fully saturated rings. The van der Waals surface area contributed by atoms with Crippen LogP contribution in [0.3, 0.4) is 0 Å². The van der Waals surface area contributed by atoms with Gasteiger partial charge in [0.1, 0.15) is 0 Å². The van der Waals surface area contributed by atoms with Gasteiger partial charge in [-0.2, -0.15) is 0 Å². The number of para-hydroxylation sites is 1. The molecule has 0 spiro atoms. The van der Waals surface area contributed by atoms with Crippen LogP contribution in [0.15, 0.2) is 120 Å². The number of hydrogen-bond acceptors (Lipinski definition) is 5. The molecule has 7 heteroatoms. The van der Waals surface area contributed by atoms with Gasteiger partial charge in [0.2, 0.25) is 0 Å². The zero-order valence-corrected chi connectivity index (χ0v) is 19.9. The standard InChI is InChI=1S/C31H19N3O4/c35-33(36)23-12-4-8-20(18-23)25-14-6-16-27-29(25)30-26(21-9-5-13-24(19-21)34(37)38)15-7-17-28(30)31(27)32-22-10-2-1-3-11-22/h1-19H. The second-order valence-electron chi connectivity index (χ2n) is 8.87. The highest BCUT2D eigenvalue weighted by Crippen LogP contribution is 2.48. The number of fused-ring (bicyclic) bond motifs is 3. The summed E-state index contributed by atoms with van der Waals surface area (Å²) in [6.45, 7) is 0. The average Bonchev–Trinajstić information content (AvgIpc) is 3.27. The van der Waals surface area contributed by atoms with Crippen molar-refractivity contribution in [3.05, 3.63) is 147 Å². The summed E-state index contributed by atoms with van der Waals surface area (Å²) in [5, 5.41) is 23.1. The van der Waals surface area contributed by atoms with E-state index in [1.807, 2.05) is 78.9 Å². The molecule has 0 saturated carbocycles. The van der Waals surface area contributed by atoms with E-state index < -0.39 is 9.85 Å². The highest BCUT2D eigenvalue weighted by Gasteiger charge is 2.30. The largest absolute Gasteiger partial charge is 0.270 e. The molecule has 0 N–H and O–H groups in total. The zero-order valence-electron chi connectivity index (χ0n) is 19.9. The van der Waals surface area contributed by atoms with Gasteiger partial charge in [-0.15, -0.1) is 0 Å². The molecule has 0 aromatic heterocycles. The van der Waals surface area contributed by atoms with E-state index >= 15 is 0 Å². The molecule has 5 aromatic carbocycles. The Hall–Kier alpha value is -5.43. The van der Waals surface area contributed by atoms with Gasteiger partial charge in [-0.25, -0.2) is 4.99 Å². The summed E-state index contributed by atoms with van der Waals surface area (Å²) < 4.78 is 0. The van der Waals surface area contributed by atoms with Crippen LogP contribution >= 0.6 is 0 Å². The van der Waals surface area contributed by atoms with E-state index in [-0.39, 0.29) is 11.4 Å². The molecular formula is C31H19N3O4. The van der Waals surface area contributed by atoms with E-state index in [9.17, 15) is 20.2 Å². The third-order valence-electron chi connectivity index (χ3n) is 6.62. The first-order chi connectivity index (χ1) is 18.5. The number of non-ortho nitro benzene ring substituents is 2. The van der Waals surface area contributed by atoms with Crippen molar-refractivity contribution in [1.29, 1.82) is 0 Å². The number of hydrogen-bond donors (Lipinski definition) is 0. The van der Waals surface area contributed by atoms with Gasteiger partial charge in [0.25, 0.3) is 11.4 Å². The molecule has 38 heavy (non-hydrogen) atoms. The molecule has 0 bridgehead atoms. The SMILES string of the molecule is O=[N+]([O-])c1cccc(-c2cccc3c2-c2c(cccc2-c2cccc([N+](=O)[O-])c2)C3=Nc2ccccc2)c1. The van der Waals surface area contributed by atoms with Crippen LogP contribution in [0.2, 0.25) is 0 Å². The van der Waals surface area contributed by atoms with Gasteiger partial charge in [0.15, 0.2) is 0 Å². The van der Waals surface area contributed by atoms with Crippen LogP contribution in [-0.2, 0) is 0 Å². The summed E-state index contributed by atoms with van der Waals surface area (Å²) in [6, 6.07) is 34.5. The Morgan fingerprint density at radius 2 is 0.947 bits per heavy atom. The molecule has 182 valence electrons. The zero-order chi connectivity index (χ0) is 26.2. The summed E-state index contributed by atoms with van der Waals surface area (Å²) >= 11 is 0. The Morgan fingerprint density at radius 1 is 0.500 bits per heavy atom. The van der Waals surface area contributed by atoms with Crippen molar-refractivity contribution in [3.8, 4) is 33.4 Å². The summed E-state index contributed by atoms with van der Waals surface area (Å²) in [7, 11) is 0. The van der Waals surface area contributed by atoms with E-state index in [1.54, 1.807) is 24.3 Å². The van der Waals surface area contributed by atoms with Gasteiger partial charge in [0.05, 0.1) is 21.2 Å². The molecule has 0 amide bonds. The van der Waals surface area contributed by atoms with E-state index in [0.29, 0.717) is 11.1 Å². The molecule has 0 atom stereocenters. The minimum atomic E-state index is -0.405. The van der Waals surface area contributed by atoms with Crippen molar-refractivity contribution >= 4 is 22.8 Å². The maximum atomic E-state index is 11.5. The number of aliphatic imine (C=N–C) groups is 1. The summed E-state index contributed by atoms with van der Waals surface area (Å²) in [6.07, 6.45) is 0. The first kappa shape index (κ1) is 23.0. The first-order valence-electron chi connectivity index (χ1n) is 11.9. The minimum absolute atomic E-state index is 0.00321. The van der Waals surface area contributed by atoms with Crippen LogP contribution in [0.5, 0.6) is 0 Å². The molecule has 0 radical (unpaired) electrons. The van der Waals surface area contributed by atoms with Gasteiger partial charge >= 0.3 is 0 Å². The molecule has 1 aliphatic carbocycles.